The summed E-state index contributed by atoms with van der Waals surface area (Å²) in [5, 5.41) is 0. The van der Waals surface area contributed by atoms with Crippen LogP contribution in [-0.2, 0) is 4.74 Å². The molecule has 4 rings (SSSR count). The number of hydrogen-bond donors (Lipinski definition) is 0. The lowest BCUT2D eigenvalue weighted by Gasteiger charge is -2.26. The zero-order valence-electron chi connectivity index (χ0n) is 18.5. The lowest BCUT2D eigenvalue weighted by molar-refractivity contribution is 0.0135. The predicted molar refractivity (Wildman–Crippen MR) is 122 cm³/mol. The molecular formula is C27H30O4. The molecule has 4 heteroatoms. The van der Waals surface area contributed by atoms with Crippen LogP contribution in [0.3, 0.4) is 0 Å². The Hall–Kier alpha value is -2.98. The highest BCUT2D eigenvalue weighted by Gasteiger charge is 2.24. The van der Waals surface area contributed by atoms with E-state index in [2.05, 4.69) is 42.5 Å². The molecule has 0 aliphatic carbocycles. The Morgan fingerprint density at radius 1 is 0.710 bits per heavy atom. The van der Waals surface area contributed by atoms with Gasteiger partial charge in [0.25, 0.3) is 0 Å². The van der Waals surface area contributed by atoms with Crippen LogP contribution in [0.4, 0.5) is 0 Å². The number of hydrogen-bond acceptors (Lipinski definition) is 4. The zero-order chi connectivity index (χ0) is 21.6. The lowest BCUT2D eigenvalue weighted by Crippen LogP contribution is -2.13. The molecule has 0 amide bonds. The second kappa shape index (κ2) is 9.88. The summed E-state index contributed by atoms with van der Waals surface area (Å²) in [5.41, 5.74) is 4.74. The molecule has 1 unspecified atom stereocenters. The van der Waals surface area contributed by atoms with Crippen LogP contribution in [0.15, 0.2) is 66.7 Å². The first kappa shape index (κ1) is 21.3. The summed E-state index contributed by atoms with van der Waals surface area (Å²) in [6, 6.07) is 23.1. The summed E-state index contributed by atoms with van der Waals surface area (Å²) < 4.78 is 22.5. The lowest BCUT2D eigenvalue weighted by atomic mass is 9.83. The van der Waals surface area contributed by atoms with E-state index in [9.17, 15) is 0 Å². The fraction of sp³-hybridized carbons (Fsp3) is 0.333. The largest absolute Gasteiger partial charge is 0.497 e. The Balaban J connectivity index is 1.79. The van der Waals surface area contributed by atoms with E-state index in [1.54, 1.807) is 21.3 Å². The fourth-order valence-electron chi connectivity index (χ4n) is 4.34. The molecule has 0 bridgehead atoms. The van der Waals surface area contributed by atoms with Crippen molar-refractivity contribution in [3.8, 4) is 17.2 Å². The fourth-order valence-corrected chi connectivity index (χ4v) is 4.34. The van der Waals surface area contributed by atoms with Gasteiger partial charge < -0.3 is 18.9 Å². The molecule has 1 heterocycles. The van der Waals surface area contributed by atoms with Gasteiger partial charge in [0.15, 0.2) is 0 Å². The van der Waals surface area contributed by atoms with E-state index in [4.69, 9.17) is 18.9 Å². The van der Waals surface area contributed by atoms with Crippen LogP contribution in [0, 0.1) is 0 Å². The van der Waals surface area contributed by atoms with Crippen molar-refractivity contribution in [1.82, 2.24) is 0 Å². The van der Waals surface area contributed by atoms with Crippen molar-refractivity contribution in [3.63, 3.8) is 0 Å². The number of rotatable bonds is 7. The monoisotopic (exact) mass is 418 g/mol. The van der Waals surface area contributed by atoms with Crippen LogP contribution in [0.25, 0.3) is 0 Å². The first-order chi connectivity index (χ1) is 15.2. The molecule has 4 nitrogen and oxygen atoms in total. The van der Waals surface area contributed by atoms with E-state index < -0.39 is 0 Å². The zero-order valence-corrected chi connectivity index (χ0v) is 18.5. The third kappa shape index (κ3) is 4.70. The second-order valence-corrected chi connectivity index (χ2v) is 7.84. The predicted octanol–water partition coefficient (Wildman–Crippen LogP) is 6.13. The maximum atomic E-state index is 6.10. The molecular weight excluding hydrogens is 388 g/mol. The molecule has 1 fully saturated rings. The van der Waals surface area contributed by atoms with Crippen LogP contribution in [0.5, 0.6) is 17.2 Å². The minimum absolute atomic E-state index is 0.0741. The van der Waals surface area contributed by atoms with E-state index in [1.165, 1.54) is 23.1 Å². The quantitative estimate of drug-likeness (QED) is 0.432. The number of ether oxygens (including phenoxy) is 4. The first-order valence-electron chi connectivity index (χ1n) is 10.8. The van der Waals surface area contributed by atoms with E-state index in [1.807, 2.05) is 24.3 Å². The minimum Gasteiger partial charge on any atom is -0.497 e. The summed E-state index contributed by atoms with van der Waals surface area (Å²) in [6.07, 6.45) is 3.41. The average Bonchev–Trinajstić information content (AvgIpc) is 2.85. The average molecular weight is 419 g/mol. The number of benzene rings is 3. The minimum atomic E-state index is 0.0741. The molecule has 1 atom stereocenters. The third-order valence-electron chi connectivity index (χ3n) is 6.01. The molecule has 31 heavy (non-hydrogen) atoms. The van der Waals surface area contributed by atoms with Crippen molar-refractivity contribution in [3.05, 3.63) is 89.0 Å². The summed E-state index contributed by atoms with van der Waals surface area (Å²) in [4.78, 5) is 0. The van der Waals surface area contributed by atoms with E-state index >= 15 is 0 Å². The van der Waals surface area contributed by atoms with Crippen LogP contribution in [0.2, 0.25) is 0 Å². The van der Waals surface area contributed by atoms with Gasteiger partial charge >= 0.3 is 0 Å². The molecule has 1 aliphatic heterocycles. The normalized spacial score (nSPS) is 16.2. The van der Waals surface area contributed by atoms with Gasteiger partial charge in [-0.3, -0.25) is 0 Å². The molecule has 0 N–H and O–H groups in total. The Bertz CT molecular complexity index is 926. The molecule has 3 aromatic rings. The highest BCUT2D eigenvalue weighted by Crippen LogP contribution is 2.39. The van der Waals surface area contributed by atoms with Crippen LogP contribution >= 0.6 is 0 Å². The standard InChI is InChI=1S/C27H30O4/c1-28-22-12-7-19(8-13-22)27(20-9-14-23(29-2)15-10-20)21-11-16-25(30-3)24(18-21)26-6-4-5-17-31-26/h7-16,18,26-27H,4-6,17H2,1-3H3. The molecule has 0 spiro atoms. The summed E-state index contributed by atoms with van der Waals surface area (Å²) in [7, 11) is 5.11. The molecule has 1 aliphatic rings. The Labute approximate surface area is 184 Å². The topological polar surface area (TPSA) is 36.9 Å². The van der Waals surface area contributed by atoms with Gasteiger partial charge in [-0.2, -0.15) is 0 Å². The van der Waals surface area contributed by atoms with Gasteiger partial charge in [-0.15, -0.1) is 0 Å². The van der Waals surface area contributed by atoms with E-state index in [0.29, 0.717) is 0 Å². The SMILES string of the molecule is COc1ccc(C(c2ccc(OC)cc2)c2ccc(OC)c(C3CCCCO3)c2)cc1. The van der Waals surface area contributed by atoms with Gasteiger partial charge in [-0.05, 0) is 72.4 Å². The molecule has 162 valence electrons. The van der Waals surface area contributed by atoms with E-state index in [-0.39, 0.29) is 12.0 Å². The molecule has 1 saturated heterocycles. The summed E-state index contributed by atoms with van der Waals surface area (Å²) in [6.45, 7) is 0.804. The number of methoxy groups -OCH3 is 3. The van der Waals surface area contributed by atoms with Gasteiger partial charge in [0, 0.05) is 18.1 Å². The first-order valence-corrected chi connectivity index (χ1v) is 10.8. The molecule has 0 radical (unpaired) electrons. The Kier molecular flexibility index (Phi) is 6.78. The van der Waals surface area contributed by atoms with Gasteiger partial charge in [0.1, 0.15) is 17.2 Å². The molecule has 0 aromatic heterocycles. The van der Waals surface area contributed by atoms with Gasteiger partial charge in [-0.1, -0.05) is 30.3 Å². The summed E-state index contributed by atoms with van der Waals surface area (Å²) in [5.74, 6) is 2.66. The van der Waals surface area contributed by atoms with Gasteiger partial charge in [0.05, 0.1) is 27.4 Å². The Morgan fingerprint density at radius 2 is 1.29 bits per heavy atom. The maximum absolute atomic E-state index is 6.10. The smallest absolute Gasteiger partial charge is 0.124 e. The summed E-state index contributed by atoms with van der Waals surface area (Å²) >= 11 is 0. The van der Waals surface area contributed by atoms with Crippen molar-refractivity contribution in [2.75, 3.05) is 27.9 Å². The molecule has 3 aromatic carbocycles. The van der Waals surface area contributed by atoms with Crippen LogP contribution in [-0.4, -0.2) is 27.9 Å². The van der Waals surface area contributed by atoms with Crippen molar-refractivity contribution in [2.45, 2.75) is 31.3 Å². The molecule has 0 saturated carbocycles. The highest BCUT2D eigenvalue weighted by atomic mass is 16.5. The van der Waals surface area contributed by atoms with E-state index in [0.717, 1.165) is 42.3 Å². The highest BCUT2D eigenvalue weighted by molar-refractivity contribution is 5.49. The van der Waals surface area contributed by atoms with Gasteiger partial charge in [-0.25, -0.2) is 0 Å². The van der Waals surface area contributed by atoms with Crippen molar-refractivity contribution < 1.29 is 18.9 Å². The van der Waals surface area contributed by atoms with Crippen LogP contribution < -0.4 is 14.2 Å². The Morgan fingerprint density at radius 3 is 1.77 bits per heavy atom. The second-order valence-electron chi connectivity index (χ2n) is 7.84. The van der Waals surface area contributed by atoms with Crippen molar-refractivity contribution in [1.29, 1.82) is 0 Å². The van der Waals surface area contributed by atoms with Gasteiger partial charge in [0.2, 0.25) is 0 Å². The van der Waals surface area contributed by atoms with Crippen molar-refractivity contribution in [2.24, 2.45) is 0 Å². The van der Waals surface area contributed by atoms with Crippen molar-refractivity contribution >= 4 is 0 Å². The maximum Gasteiger partial charge on any atom is 0.124 e. The van der Waals surface area contributed by atoms with Crippen LogP contribution in [0.1, 0.15) is 53.5 Å². The third-order valence-corrected chi connectivity index (χ3v) is 6.01.